The number of esters is 1. The van der Waals surface area contributed by atoms with Crippen molar-refractivity contribution in [2.24, 2.45) is 0 Å². The van der Waals surface area contributed by atoms with Crippen molar-refractivity contribution in [3.8, 4) is 0 Å². The van der Waals surface area contributed by atoms with E-state index in [0.717, 1.165) is 0 Å². The van der Waals surface area contributed by atoms with Crippen molar-refractivity contribution in [2.75, 3.05) is 11.9 Å². The molecule has 1 rings (SSSR count). The number of amides is 3. The maximum absolute atomic E-state index is 14.2. The number of nitrogens with one attached hydrogen (secondary N) is 2. The Bertz CT molecular complexity index is 744. The average Bonchev–Trinajstić information content (AvgIpc) is 2.49. The van der Waals surface area contributed by atoms with Gasteiger partial charge in [0.15, 0.2) is 17.5 Å². The average molecular weight is 486 g/mol. The first kappa shape index (κ1) is 21.8. The molecule has 0 aliphatic heterocycles. The molecule has 0 radical (unpaired) electrons. The first-order chi connectivity index (χ1) is 11.4. The van der Waals surface area contributed by atoms with Gasteiger partial charge < -0.3 is 10.1 Å². The van der Waals surface area contributed by atoms with Crippen LogP contribution in [0.2, 0.25) is 0 Å². The number of rotatable bonds is 3. The summed E-state index contributed by atoms with van der Waals surface area (Å²) in [5.41, 5.74) is -2.31. The van der Waals surface area contributed by atoms with Crippen LogP contribution < -0.4 is 10.6 Å². The van der Waals surface area contributed by atoms with Crippen LogP contribution in [0.5, 0.6) is 0 Å². The summed E-state index contributed by atoms with van der Waals surface area (Å²) in [6.07, 6.45) is 0. The van der Waals surface area contributed by atoms with Crippen molar-refractivity contribution in [1.82, 2.24) is 5.32 Å². The predicted molar refractivity (Wildman–Crippen MR) is 87.4 cm³/mol. The molecule has 25 heavy (non-hydrogen) atoms. The maximum atomic E-state index is 14.2. The molecule has 0 atom stereocenters. The van der Waals surface area contributed by atoms with Crippen LogP contribution in [0, 0.1) is 17.5 Å². The van der Waals surface area contributed by atoms with Crippen molar-refractivity contribution in [3.05, 3.63) is 27.5 Å². The highest BCUT2D eigenvalue weighted by molar-refractivity contribution is 9.10. The Labute approximate surface area is 162 Å². The molecule has 0 heterocycles. The lowest BCUT2D eigenvalue weighted by Crippen LogP contribution is -2.41. The number of halogens is 7. The number of hydrogen-bond acceptors (Lipinski definition) is 4. The molecule has 3 amide bonds. The summed E-state index contributed by atoms with van der Waals surface area (Å²) in [5.74, 6) is -7.89. The molecule has 0 aliphatic carbocycles. The summed E-state index contributed by atoms with van der Waals surface area (Å²) in [6, 6.07) is -1.47. The summed E-state index contributed by atoms with van der Waals surface area (Å²) >= 11 is 18.1. The molecule has 1 aromatic carbocycles. The molecular formula is C12H7BrCl3F3N2O4. The predicted octanol–water partition coefficient (Wildman–Crippen LogP) is 4.06. The van der Waals surface area contributed by atoms with Crippen LogP contribution in [0.1, 0.15) is 17.3 Å². The van der Waals surface area contributed by atoms with Gasteiger partial charge in [0.1, 0.15) is 5.56 Å². The molecular weight excluding hydrogens is 479 g/mol. The van der Waals surface area contributed by atoms with E-state index in [9.17, 15) is 27.6 Å². The molecule has 6 nitrogen and oxygen atoms in total. The highest BCUT2D eigenvalue weighted by Crippen LogP contribution is 2.33. The third kappa shape index (κ3) is 5.13. The molecule has 138 valence electrons. The number of ether oxygens (including phenoxy) is 1. The standard InChI is InChI=1S/C12H7BrCl3F3N2O4/c1-2-25-9(22)3-5(17)6(18)4(13)7(19)8(3)20-11(24)21-10(23)12(14,15)16/h2H2,1H3,(H2,20,21,23,24). The van der Waals surface area contributed by atoms with Gasteiger partial charge in [-0.25, -0.2) is 22.8 Å². The van der Waals surface area contributed by atoms with Crippen molar-refractivity contribution >= 4 is 74.3 Å². The van der Waals surface area contributed by atoms with Gasteiger partial charge in [0, 0.05) is 0 Å². The largest absolute Gasteiger partial charge is 0.462 e. The second-order valence-electron chi connectivity index (χ2n) is 4.13. The highest BCUT2D eigenvalue weighted by Gasteiger charge is 2.34. The number of anilines is 1. The van der Waals surface area contributed by atoms with Crippen molar-refractivity contribution < 1.29 is 32.3 Å². The van der Waals surface area contributed by atoms with Gasteiger partial charge in [-0.3, -0.25) is 10.1 Å². The van der Waals surface area contributed by atoms with Crippen LogP contribution in [0.25, 0.3) is 0 Å². The number of carbonyl (C=O) groups is 3. The Morgan fingerprint density at radius 2 is 1.68 bits per heavy atom. The lowest BCUT2D eigenvalue weighted by Gasteiger charge is -2.15. The molecule has 13 heteroatoms. The topological polar surface area (TPSA) is 84.5 Å². The van der Waals surface area contributed by atoms with E-state index in [0.29, 0.717) is 0 Å². The van der Waals surface area contributed by atoms with Gasteiger partial charge in [-0.05, 0) is 22.9 Å². The molecule has 0 aromatic heterocycles. The van der Waals surface area contributed by atoms with Crippen LogP contribution in [-0.2, 0) is 9.53 Å². The maximum Gasteiger partial charge on any atom is 0.343 e. The Morgan fingerprint density at radius 1 is 1.12 bits per heavy atom. The quantitative estimate of drug-likeness (QED) is 0.292. The summed E-state index contributed by atoms with van der Waals surface area (Å²) in [7, 11) is 0. The summed E-state index contributed by atoms with van der Waals surface area (Å²) in [6.45, 7) is 1.12. The molecule has 1 aromatic rings. The van der Waals surface area contributed by atoms with E-state index < -0.39 is 54.9 Å². The molecule has 0 spiro atoms. The number of urea groups is 1. The fraction of sp³-hybridized carbons (Fsp3) is 0.250. The van der Waals surface area contributed by atoms with Gasteiger partial charge in [-0.15, -0.1) is 0 Å². The Kier molecular flexibility index (Phi) is 7.36. The number of imide groups is 1. The monoisotopic (exact) mass is 484 g/mol. The number of benzene rings is 1. The van der Waals surface area contributed by atoms with Crippen molar-refractivity contribution in [1.29, 1.82) is 0 Å². The fourth-order valence-corrected chi connectivity index (χ4v) is 1.98. The van der Waals surface area contributed by atoms with E-state index >= 15 is 0 Å². The summed E-state index contributed by atoms with van der Waals surface area (Å²) in [5, 5.41) is 3.18. The highest BCUT2D eigenvalue weighted by atomic mass is 79.9. The Morgan fingerprint density at radius 3 is 2.16 bits per heavy atom. The first-order valence-corrected chi connectivity index (χ1v) is 8.06. The summed E-state index contributed by atoms with van der Waals surface area (Å²) in [4.78, 5) is 34.8. The molecule has 0 bridgehead atoms. The van der Waals surface area contributed by atoms with Gasteiger partial charge in [-0.2, -0.15) is 0 Å². The third-order valence-corrected chi connectivity index (χ3v) is 3.68. The number of hydrogen-bond donors (Lipinski definition) is 2. The minimum Gasteiger partial charge on any atom is -0.462 e. The van der Waals surface area contributed by atoms with Crippen LogP contribution in [0.3, 0.4) is 0 Å². The first-order valence-electron chi connectivity index (χ1n) is 6.14. The molecule has 0 saturated carbocycles. The minimum absolute atomic E-state index is 0.241. The van der Waals surface area contributed by atoms with E-state index in [1.54, 1.807) is 5.32 Å². The van der Waals surface area contributed by atoms with Crippen LogP contribution >= 0.6 is 50.7 Å². The SMILES string of the molecule is CCOC(=O)c1c(F)c(F)c(Br)c(F)c1NC(=O)NC(=O)C(Cl)(Cl)Cl. The smallest absolute Gasteiger partial charge is 0.343 e. The second-order valence-corrected chi connectivity index (χ2v) is 7.21. The van der Waals surface area contributed by atoms with Crippen molar-refractivity contribution in [2.45, 2.75) is 10.7 Å². The molecule has 0 unspecified atom stereocenters. The lowest BCUT2D eigenvalue weighted by molar-refractivity contribution is -0.119. The van der Waals surface area contributed by atoms with Gasteiger partial charge in [0.25, 0.3) is 9.70 Å². The zero-order chi connectivity index (χ0) is 19.5. The van der Waals surface area contributed by atoms with Crippen molar-refractivity contribution in [3.63, 3.8) is 0 Å². The molecule has 0 saturated heterocycles. The minimum atomic E-state index is -2.52. The Hall–Kier alpha value is -1.23. The van der Waals surface area contributed by atoms with E-state index in [1.165, 1.54) is 12.2 Å². The summed E-state index contributed by atoms with van der Waals surface area (Å²) < 4.78 is 42.8. The van der Waals surface area contributed by atoms with E-state index in [4.69, 9.17) is 34.8 Å². The number of carbonyl (C=O) groups excluding carboxylic acids is 3. The number of alkyl halides is 3. The van der Waals surface area contributed by atoms with Gasteiger partial charge >= 0.3 is 12.0 Å². The molecule has 2 N–H and O–H groups in total. The second kappa shape index (κ2) is 8.43. The van der Waals surface area contributed by atoms with E-state index in [2.05, 4.69) is 20.7 Å². The van der Waals surface area contributed by atoms with Gasteiger partial charge in [0.2, 0.25) is 0 Å². The fourth-order valence-electron chi connectivity index (χ4n) is 1.46. The van der Waals surface area contributed by atoms with Crippen LogP contribution in [-0.4, -0.2) is 28.3 Å². The molecule has 0 fully saturated rings. The van der Waals surface area contributed by atoms with Crippen LogP contribution in [0.15, 0.2) is 4.47 Å². The van der Waals surface area contributed by atoms with Gasteiger partial charge in [-0.1, -0.05) is 34.8 Å². The van der Waals surface area contributed by atoms with E-state index in [-0.39, 0.29) is 6.61 Å². The Balaban J connectivity index is 3.32. The van der Waals surface area contributed by atoms with Gasteiger partial charge in [0.05, 0.1) is 16.8 Å². The third-order valence-electron chi connectivity index (χ3n) is 2.47. The lowest BCUT2D eigenvalue weighted by atomic mass is 10.1. The van der Waals surface area contributed by atoms with Crippen LogP contribution in [0.4, 0.5) is 23.7 Å². The zero-order valence-corrected chi connectivity index (χ0v) is 15.8. The zero-order valence-electron chi connectivity index (χ0n) is 12.0. The normalized spacial score (nSPS) is 11.0. The van der Waals surface area contributed by atoms with E-state index in [1.807, 2.05) is 0 Å². The molecule has 0 aliphatic rings.